The maximum absolute atomic E-state index is 12.8. The molecule has 1 atom stereocenters. The first-order valence-electron chi connectivity index (χ1n) is 10.7. The van der Waals surface area contributed by atoms with Gasteiger partial charge in [-0.2, -0.15) is 0 Å². The summed E-state index contributed by atoms with van der Waals surface area (Å²) in [4.78, 5) is 33.4. The molecule has 0 spiro atoms. The second-order valence-corrected chi connectivity index (χ2v) is 8.01. The molecule has 0 radical (unpaired) electrons. The van der Waals surface area contributed by atoms with Gasteiger partial charge in [0.15, 0.2) is 0 Å². The predicted octanol–water partition coefficient (Wildman–Crippen LogP) is 4.06. The number of carbonyl (C=O) groups excluding carboxylic acids is 2. The van der Waals surface area contributed by atoms with Crippen LogP contribution in [0.1, 0.15) is 47.3 Å². The first-order chi connectivity index (χ1) is 14.6. The molecule has 1 aromatic carbocycles. The molecular weight excluding hydrogens is 374 g/mol. The van der Waals surface area contributed by atoms with Gasteiger partial charge in [0.2, 0.25) is 5.91 Å². The van der Waals surface area contributed by atoms with Gasteiger partial charge < -0.3 is 9.80 Å². The molecule has 2 aromatic rings. The predicted molar refractivity (Wildman–Crippen MR) is 120 cm³/mol. The number of amides is 2. The molecule has 0 bridgehead atoms. The fourth-order valence-electron chi connectivity index (χ4n) is 3.90. The number of pyridine rings is 1. The van der Waals surface area contributed by atoms with E-state index in [-0.39, 0.29) is 11.8 Å². The lowest BCUT2D eigenvalue weighted by molar-refractivity contribution is -0.130. The maximum atomic E-state index is 12.8. The number of likely N-dealkylation sites (tertiary alicyclic amines) is 1. The number of aromatic nitrogens is 1. The summed E-state index contributed by atoms with van der Waals surface area (Å²) < 4.78 is 0. The summed E-state index contributed by atoms with van der Waals surface area (Å²) in [6, 6.07) is 13.4. The van der Waals surface area contributed by atoms with Crippen LogP contribution in [0.3, 0.4) is 0 Å². The Kier molecular flexibility index (Phi) is 7.77. The molecule has 2 heterocycles. The third-order valence-electron chi connectivity index (χ3n) is 5.82. The summed E-state index contributed by atoms with van der Waals surface area (Å²) in [7, 11) is 1.86. The monoisotopic (exact) mass is 405 g/mol. The summed E-state index contributed by atoms with van der Waals surface area (Å²) in [5.41, 5.74) is 2.72. The molecule has 30 heavy (non-hydrogen) atoms. The average molecular weight is 406 g/mol. The number of piperidine rings is 1. The smallest absolute Gasteiger partial charge is 0.253 e. The molecule has 5 heteroatoms. The van der Waals surface area contributed by atoms with Gasteiger partial charge in [0, 0.05) is 57.0 Å². The van der Waals surface area contributed by atoms with Crippen molar-refractivity contribution in [2.24, 2.45) is 5.92 Å². The molecule has 1 unspecified atom stereocenters. The Labute approximate surface area is 179 Å². The van der Waals surface area contributed by atoms with E-state index in [0.717, 1.165) is 50.0 Å². The fourth-order valence-corrected chi connectivity index (χ4v) is 3.90. The van der Waals surface area contributed by atoms with Crippen LogP contribution in [0.2, 0.25) is 0 Å². The third-order valence-corrected chi connectivity index (χ3v) is 5.82. The van der Waals surface area contributed by atoms with E-state index in [1.54, 1.807) is 17.2 Å². The number of nitrogens with zero attached hydrogens (tertiary/aromatic N) is 3. The van der Waals surface area contributed by atoms with E-state index >= 15 is 0 Å². The molecule has 1 fully saturated rings. The Morgan fingerprint density at radius 3 is 2.73 bits per heavy atom. The number of rotatable bonds is 8. The topological polar surface area (TPSA) is 53.5 Å². The van der Waals surface area contributed by atoms with Crippen LogP contribution in [-0.4, -0.2) is 53.3 Å². The molecule has 0 saturated carbocycles. The van der Waals surface area contributed by atoms with Crippen molar-refractivity contribution in [2.45, 2.75) is 32.1 Å². The molecule has 3 rings (SSSR count). The van der Waals surface area contributed by atoms with Gasteiger partial charge in [-0.3, -0.25) is 14.6 Å². The number of likely N-dealkylation sites (N-methyl/N-ethyl adjacent to an activating group) is 1. The van der Waals surface area contributed by atoms with Crippen molar-refractivity contribution in [1.82, 2.24) is 14.8 Å². The second kappa shape index (κ2) is 10.7. The summed E-state index contributed by atoms with van der Waals surface area (Å²) in [6.07, 6.45) is 7.73. The zero-order valence-corrected chi connectivity index (χ0v) is 17.8. The highest BCUT2D eigenvalue weighted by molar-refractivity contribution is 5.94. The highest BCUT2D eigenvalue weighted by Gasteiger charge is 2.25. The van der Waals surface area contributed by atoms with E-state index in [4.69, 9.17) is 0 Å². The van der Waals surface area contributed by atoms with E-state index < -0.39 is 0 Å². The van der Waals surface area contributed by atoms with Gasteiger partial charge in [-0.15, -0.1) is 0 Å². The van der Waals surface area contributed by atoms with Gasteiger partial charge in [0.1, 0.15) is 0 Å². The van der Waals surface area contributed by atoms with Crippen molar-refractivity contribution in [2.75, 3.05) is 26.7 Å². The number of hydrogen-bond donors (Lipinski definition) is 0. The highest BCUT2D eigenvalue weighted by atomic mass is 16.2. The fraction of sp³-hybridized carbons (Fsp3) is 0.400. The lowest BCUT2D eigenvalue weighted by Crippen LogP contribution is -2.40. The summed E-state index contributed by atoms with van der Waals surface area (Å²) in [5, 5.41) is 0. The van der Waals surface area contributed by atoms with Crippen molar-refractivity contribution in [3.63, 3.8) is 0 Å². The minimum atomic E-state index is 0.0779. The molecule has 1 aliphatic heterocycles. The van der Waals surface area contributed by atoms with Gasteiger partial charge in [0.05, 0.1) is 0 Å². The molecular formula is C25H31N3O2. The van der Waals surface area contributed by atoms with Crippen LogP contribution < -0.4 is 0 Å². The number of hydrogen-bond acceptors (Lipinski definition) is 3. The lowest BCUT2D eigenvalue weighted by atomic mass is 9.92. The lowest BCUT2D eigenvalue weighted by Gasteiger charge is -2.33. The summed E-state index contributed by atoms with van der Waals surface area (Å²) in [6.45, 7) is 5.94. The maximum Gasteiger partial charge on any atom is 0.253 e. The minimum Gasteiger partial charge on any atom is -0.345 e. The molecule has 0 aliphatic carbocycles. The molecule has 1 aromatic heterocycles. The Morgan fingerprint density at radius 2 is 2.03 bits per heavy atom. The Bertz CT molecular complexity index is 848. The largest absolute Gasteiger partial charge is 0.345 e. The van der Waals surface area contributed by atoms with Crippen LogP contribution in [0.5, 0.6) is 0 Å². The Balaban J connectivity index is 1.45. The third kappa shape index (κ3) is 6.02. The molecule has 158 valence electrons. The van der Waals surface area contributed by atoms with Gasteiger partial charge >= 0.3 is 0 Å². The summed E-state index contributed by atoms with van der Waals surface area (Å²) >= 11 is 0. The van der Waals surface area contributed by atoms with Crippen molar-refractivity contribution in [3.8, 4) is 0 Å². The molecule has 5 nitrogen and oxygen atoms in total. The first kappa shape index (κ1) is 21.8. The van der Waals surface area contributed by atoms with Crippen molar-refractivity contribution < 1.29 is 9.59 Å². The minimum absolute atomic E-state index is 0.0779. The quantitative estimate of drug-likeness (QED) is 0.666. The first-order valence-corrected chi connectivity index (χ1v) is 10.7. The van der Waals surface area contributed by atoms with E-state index in [1.807, 2.05) is 54.4 Å². The van der Waals surface area contributed by atoms with Gasteiger partial charge in [0.25, 0.3) is 5.91 Å². The second-order valence-electron chi connectivity index (χ2n) is 8.01. The molecule has 1 saturated heterocycles. The van der Waals surface area contributed by atoms with Crippen LogP contribution in [-0.2, 0) is 11.2 Å². The normalized spacial score (nSPS) is 16.2. The zero-order valence-electron chi connectivity index (χ0n) is 17.8. The van der Waals surface area contributed by atoms with Crippen LogP contribution >= 0.6 is 0 Å². The van der Waals surface area contributed by atoms with Crippen molar-refractivity contribution in [1.29, 1.82) is 0 Å². The van der Waals surface area contributed by atoms with Crippen molar-refractivity contribution >= 4 is 17.9 Å². The number of carbonyl (C=O) groups is 2. The standard InChI is InChI=1S/C25H31N3O2/c1-3-20-9-12-22(13-10-20)25(30)28-17-6-7-21(19-28)11-14-24(29)27(2)18-15-23-8-4-5-16-26-23/h3-5,8-10,12-13,16,21H,1,6-7,11,14-15,17-19H2,2H3. The Hall–Kier alpha value is -2.95. The molecule has 2 amide bonds. The number of benzene rings is 1. The SMILES string of the molecule is C=Cc1ccc(C(=O)N2CCCC(CCC(=O)N(C)CCc3ccccn3)C2)cc1. The van der Waals surface area contributed by atoms with Crippen LogP contribution in [0, 0.1) is 5.92 Å². The van der Waals surface area contributed by atoms with Gasteiger partial charge in [-0.1, -0.05) is 30.9 Å². The Morgan fingerprint density at radius 1 is 1.23 bits per heavy atom. The van der Waals surface area contributed by atoms with Gasteiger partial charge in [-0.05, 0) is 55.0 Å². The van der Waals surface area contributed by atoms with E-state index in [0.29, 0.717) is 24.4 Å². The van der Waals surface area contributed by atoms with Crippen LogP contribution in [0.25, 0.3) is 6.08 Å². The van der Waals surface area contributed by atoms with Crippen LogP contribution in [0.15, 0.2) is 55.2 Å². The van der Waals surface area contributed by atoms with Crippen molar-refractivity contribution in [3.05, 3.63) is 72.1 Å². The molecule has 0 N–H and O–H groups in total. The zero-order chi connectivity index (χ0) is 21.3. The van der Waals surface area contributed by atoms with Gasteiger partial charge in [-0.25, -0.2) is 0 Å². The highest BCUT2D eigenvalue weighted by Crippen LogP contribution is 2.23. The average Bonchev–Trinajstić information content (AvgIpc) is 2.81. The van der Waals surface area contributed by atoms with E-state index in [2.05, 4.69) is 11.6 Å². The van der Waals surface area contributed by atoms with E-state index in [9.17, 15) is 9.59 Å². The van der Waals surface area contributed by atoms with Crippen LogP contribution in [0.4, 0.5) is 0 Å². The molecule has 1 aliphatic rings. The van der Waals surface area contributed by atoms with E-state index in [1.165, 1.54) is 0 Å². The summed E-state index contributed by atoms with van der Waals surface area (Å²) in [5.74, 6) is 0.617.